The van der Waals surface area contributed by atoms with E-state index in [1.807, 2.05) is 6.08 Å². The lowest BCUT2D eigenvalue weighted by Gasteiger charge is -2.39. The summed E-state index contributed by atoms with van der Waals surface area (Å²) in [5.41, 5.74) is -1.19. The quantitative estimate of drug-likeness (QED) is 0.845. The molecule has 1 aromatic carbocycles. The van der Waals surface area contributed by atoms with Crippen LogP contribution in [0.5, 0.6) is 0 Å². The van der Waals surface area contributed by atoms with Gasteiger partial charge in [-0.3, -0.25) is 0 Å². The molecule has 1 N–H and O–H groups in total. The van der Waals surface area contributed by atoms with Gasteiger partial charge in [-0.1, -0.05) is 12.2 Å². The molecule has 3 rings (SSSR count). The van der Waals surface area contributed by atoms with E-state index in [9.17, 15) is 17.6 Å². The summed E-state index contributed by atoms with van der Waals surface area (Å²) < 4.78 is 46.2. The topological polar surface area (TPSA) is 83.9 Å². The molecular weight excluding hydrogens is 325 g/mol. The van der Waals surface area contributed by atoms with Crippen LogP contribution in [0.2, 0.25) is 0 Å². The highest BCUT2D eigenvalue weighted by Crippen LogP contribution is 2.37. The Morgan fingerprint density at radius 2 is 2.00 bits per heavy atom. The maximum atomic E-state index is 13.9. The molecule has 0 aliphatic carbocycles. The van der Waals surface area contributed by atoms with E-state index in [1.54, 1.807) is 6.08 Å². The Kier molecular flexibility index (Phi) is 3.99. The third kappa shape index (κ3) is 2.66. The molecule has 2 heterocycles. The molecule has 0 unspecified atom stereocenters. The van der Waals surface area contributed by atoms with Crippen molar-refractivity contribution in [2.45, 2.75) is 23.3 Å². The second kappa shape index (κ2) is 5.70. The minimum Gasteiger partial charge on any atom is -0.478 e. The number of rotatable bonds is 3. The van der Waals surface area contributed by atoms with Gasteiger partial charge in [0, 0.05) is 19.8 Å². The summed E-state index contributed by atoms with van der Waals surface area (Å²) in [6.07, 6.45) is 4.73. The van der Waals surface area contributed by atoms with E-state index in [-0.39, 0.29) is 11.4 Å². The van der Waals surface area contributed by atoms with Gasteiger partial charge in [-0.25, -0.2) is 17.6 Å². The zero-order chi connectivity index (χ0) is 16.7. The van der Waals surface area contributed by atoms with E-state index in [2.05, 4.69) is 0 Å². The molecule has 1 fully saturated rings. The molecule has 0 radical (unpaired) electrons. The number of aromatic carboxylic acids is 1. The maximum Gasteiger partial charge on any atom is 0.338 e. The lowest BCUT2D eigenvalue weighted by atomic mass is 9.92. The summed E-state index contributed by atoms with van der Waals surface area (Å²) in [4.78, 5) is 10.6. The van der Waals surface area contributed by atoms with E-state index >= 15 is 0 Å². The summed E-state index contributed by atoms with van der Waals surface area (Å²) >= 11 is 0. The number of hydrogen-bond donors (Lipinski definition) is 1. The highest BCUT2D eigenvalue weighted by Gasteiger charge is 2.45. The van der Waals surface area contributed by atoms with Gasteiger partial charge < -0.3 is 9.84 Å². The molecule has 0 saturated carbocycles. The van der Waals surface area contributed by atoms with Crippen molar-refractivity contribution in [3.8, 4) is 0 Å². The van der Waals surface area contributed by atoms with Crippen molar-refractivity contribution >= 4 is 16.0 Å². The molecule has 8 heteroatoms. The highest BCUT2D eigenvalue weighted by atomic mass is 32.2. The van der Waals surface area contributed by atoms with Crippen molar-refractivity contribution in [1.82, 2.24) is 4.31 Å². The molecular formula is C15H16FNO5S. The van der Waals surface area contributed by atoms with E-state index in [0.717, 1.165) is 18.2 Å². The summed E-state index contributed by atoms with van der Waals surface area (Å²) in [6.45, 7) is 1.13. The molecule has 1 aromatic rings. The third-order valence-electron chi connectivity index (χ3n) is 4.31. The molecule has 2 aliphatic heterocycles. The van der Waals surface area contributed by atoms with E-state index in [0.29, 0.717) is 26.1 Å². The summed E-state index contributed by atoms with van der Waals surface area (Å²) in [6, 6.07) is 2.88. The van der Waals surface area contributed by atoms with Crippen LogP contribution in [0, 0.1) is 5.82 Å². The fourth-order valence-corrected chi connectivity index (χ4v) is 4.82. The number of carbonyl (C=O) groups is 1. The van der Waals surface area contributed by atoms with Crippen LogP contribution in [0.4, 0.5) is 4.39 Å². The summed E-state index contributed by atoms with van der Waals surface area (Å²) in [5.74, 6) is -2.50. The number of hydrogen-bond acceptors (Lipinski definition) is 4. The predicted octanol–water partition coefficient (Wildman–Crippen LogP) is 1.63. The van der Waals surface area contributed by atoms with Crippen LogP contribution in [0.15, 0.2) is 35.2 Å². The first-order valence-electron chi connectivity index (χ1n) is 7.18. The van der Waals surface area contributed by atoms with Crippen molar-refractivity contribution < 1.29 is 27.4 Å². The molecule has 0 bridgehead atoms. The fraction of sp³-hybridized carbons (Fsp3) is 0.400. The zero-order valence-corrected chi connectivity index (χ0v) is 13.1. The Morgan fingerprint density at radius 1 is 1.30 bits per heavy atom. The van der Waals surface area contributed by atoms with Crippen LogP contribution >= 0.6 is 0 Å². The van der Waals surface area contributed by atoms with Crippen LogP contribution < -0.4 is 0 Å². The van der Waals surface area contributed by atoms with Gasteiger partial charge >= 0.3 is 5.97 Å². The van der Waals surface area contributed by atoms with Gasteiger partial charge in [-0.05, 0) is 31.0 Å². The van der Waals surface area contributed by atoms with Crippen molar-refractivity contribution in [2.24, 2.45) is 0 Å². The molecule has 23 heavy (non-hydrogen) atoms. The van der Waals surface area contributed by atoms with Crippen molar-refractivity contribution in [2.75, 3.05) is 19.8 Å². The van der Waals surface area contributed by atoms with Crippen molar-refractivity contribution in [3.05, 3.63) is 41.7 Å². The van der Waals surface area contributed by atoms with Crippen LogP contribution in [0.25, 0.3) is 0 Å². The molecule has 2 aliphatic rings. The van der Waals surface area contributed by atoms with Gasteiger partial charge in [0.2, 0.25) is 10.0 Å². The standard InChI is InChI=1S/C15H16FNO5S/c16-13-10-11(2-3-12(13)14(18)19)23(20,21)17-7-1-4-15(17)5-8-22-9-6-15/h1-4,10H,5-9H2,(H,18,19). The van der Waals surface area contributed by atoms with Gasteiger partial charge in [-0.15, -0.1) is 0 Å². The van der Waals surface area contributed by atoms with E-state index < -0.39 is 32.9 Å². The number of sulfonamides is 1. The second-order valence-corrected chi connectivity index (χ2v) is 7.46. The normalized spacial score (nSPS) is 20.9. The monoisotopic (exact) mass is 341 g/mol. The molecule has 1 spiro atoms. The van der Waals surface area contributed by atoms with Crippen LogP contribution in [-0.2, 0) is 14.8 Å². The van der Waals surface area contributed by atoms with Crippen LogP contribution in [0.1, 0.15) is 23.2 Å². The number of halogens is 1. The number of carboxylic acid groups (broad SMARTS) is 1. The first-order valence-corrected chi connectivity index (χ1v) is 8.62. The fourth-order valence-electron chi connectivity index (χ4n) is 3.07. The van der Waals surface area contributed by atoms with Crippen molar-refractivity contribution in [3.63, 3.8) is 0 Å². The van der Waals surface area contributed by atoms with Crippen LogP contribution in [-0.4, -0.2) is 49.1 Å². The average molecular weight is 341 g/mol. The largest absolute Gasteiger partial charge is 0.478 e. The SMILES string of the molecule is O=C(O)c1ccc(S(=O)(=O)N2CC=CC23CCOCC3)cc1F. The van der Waals surface area contributed by atoms with E-state index in [4.69, 9.17) is 9.84 Å². The Morgan fingerprint density at radius 3 is 2.61 bits per heavy atom. The Hall–Kier alpha value is -1.77. The van der Waals surface area contributed by atoms with E-state index in [1.165, 1.54) is 4.31 Å². The predicted molar refractivity (Wildman–Crippen MR) is 79.2 cm³/mol. The molecule has 0 aromatic heterocycles. The first kappa shape index (κ1) is 16.1. The minimum atomic E-state index is -3.93. The molecule has 0 atom stereocenters. The number of carboxylic acids is 1. The number of benzene rings is 1. The smallest absolute Gasteiger partial charge is 0.338 e. The minimum absolute atomic E-state index is 0.213. The van der Waals surface area contributed by atoms with Gasteiger partial charge in [0.1, 0.15) is 5.82 Å². The van der Waals surface area contributed by atoms with Gasteiger partial charge in [-0.2, -0.15) is 4.31 Å². The molecule has 124 valence electrons. The summed E-state index contributed by atoms with van der Waals surface area (Å²) in [5, 5.41) is 8.85. The maximum absolute atomic E-state index is 13.9. The lowest BCUT2D eigenvalue weighted by Crippen LogP contribution is -2.50. The number of ether oxygens (including phenoxy) is 1. The first-order chi connectivity index (χ1) is 10.9. The number of nitrogens with zero attached hydrogens (tertiary/aromatic N) is 1. The van der Waals surface area contributed by atoms with Crippen LogP contribution in [0.3, 0.4) is 0 Å². The van der Waals surface area contributed by atoms with Gasteiger partial charge in [0.25, 0.3) is 0 Å². The molecule has 1 saturated heterocycles. The Balaban J connectivity index is 1.98. The Bertz CT molecular complexity index is 768. The summed E-state index contributed by atoms with van der Waals surface area (Å²) in [7, 11) is -3.93. The second-order valence-electron chi connectivity index (χ2n) is 5.60. The highest BCUT2D eigenvalue weighted by molar-refractivity contribution is 7.89. The van der Waals surface area contributed by atoms with Gasteiger partial charge in [0.05, 0.1) is 16.0 Å². The zero-order valence-electron chi connectivity index (χ0n) is 12.2. The lowest BCUT2D eigenvalue weighted by molar-refractivity contribution is 0.0355. The Labute approximate surface area is 133 Å². The average Bonchev–Trinajstić information content (AvgIpc) is 2.91. The molecule has 6 nitrogen and oxygen atoms in total. The van der Waals surface area contributed by atoms with Crippen molar-refractivity contribution in [1.29, 1.82) is 0 Å². The third-order valence-corrected chi connectivity index (χ3v) is 6.26. The molecule has 0 amide bonds. The van der Waals surface area contributed by atoms with Gasteiger partial charge in [0.15, 0.2) is 0 Å².